The van der Waals surface area contributed by atoms with Crippen LogP contribution in [-0.2, 0) is 25.0 Å². The van der Waals surface area contributed by atoms with Gasteiger partial charge in [0.2, 0.25) is 11.3 Å². The van der Waals surface area contributed by atoms with Gasteiger partial charge in [-0.2, -0.15) is 0 Å². The van der Waals surface area contributed by atoms with Crippen LogP contribution in [0, 0.1) is 0 Å². The first kappa shape index (κ1) is 24.1. The van der Waals surface area contributed by atoms with E-state index in [1.54, 1.807) is 26.6 Å². The summed E-state index contributed by atoms with van der Waals surface area (Å²) in [6.07, 6.45) is 3.21. The van der Waals surface area contributed by atoms with E-state index in [1.807, 2.05) is 14.1 Å². The predicted octanol–water partition coefficient (Wildman–Crippen LogP) is 0.150. The first-order valence-electron chi connectivity index (χ1n) is 5.66. The largest absolute Gasteiger partial charge is 0.281 e. The summed E-state index contributed by atoms with van der Waals surface area (Å²) < 4.78 is 26.3. The van der Waals surface area contributed by atoms with Crippen molar-refractivity contribution in [3.05, 3.63) is 0 Å². The molecule has 0 heterocycles. The van der Waals surface area contributed by atoms with Crippen LogP contribution in [0.2, 0.25) is 0 Å². The Balaban J connectivity index is -0.000000206. The van der Waals surface area contributed by atoms with E-state index in [4.69, 9.17) is 0 Å². The lowest BCUT2D eigenvalue weighted by Crippen LogP contribution is -2.32. The summed E-state index contributed by atoms with van der Waals surface area (Å²) in [5.41, 5.74) is 0. The lowest BCUT2D eigenvalue weighted by Gasteiger charge is -2.21. The number of hydrazine groups is 1. The molecule has 0 aliphatic heterocycles. The third-order valence-electron chi connectivity index (χ3n) is 1.58. The molecule has 0 aromatic rings. The normalized spacial score (nSPS) is 12.6. The Kier molecular flexibility index (Phi) is 16.5. The highest BCUT2D eigenvalue weighted by Crippen LogP contribution is 1.82. The van der Waals surface area contributed by atoms with Crippen molar-refractivity contribution in [3.63, 3.8) is 0 Å². The maximum atomic E-state index is 10.3. The minimum atomic E-state index is -1.67. The Bertz CT molecular complexity index is 309. The van der Waals surface area contributed by atoms with Crippen molar-refractivity contribution in [1.29, 1.82) is 0 Å². The molecule has 0 spiro atoms. The van der Waals surface area contributed by atoms with E-state index in [0.29, 0.717) is 0 Å². The maximum Gasteiger partial charge on any atom is 0.236 e. The minimum Gasteiger partial charge on any atom is -0.281 e. The van der Waals surface area contributed by atoms with Crippen LogP contribution in [0.25, 0.3) is 0 Å². The van der Waals surface area contributed by atoms with E-state index in [9.17, 15) is 8.42 Å². The molecule has 0 amide bonds. The van der Waals surface area contributed by atoms with Gasteiger partial charge in [-0.05, 0) is 15.4 Å². The van der Waals surface area contributed by atoms with E-state index in [1.165, 1.54) is 11.4 Å². The van der Waals surface area contributed by atoms with Gasteiger partial charge in [-0.15, -0.1) is 0 Å². The van der Waals surface area contributed by atoms with Gasteiger partial charge in [-0.1, -0.05) is 6.92 Å². The molecule has 0 aliphatic carbocycles. The minimum absolute atomic E-state index is 1.08. The van der Waals surface area contributed by atoms with Crippen LogP contribution in [-0.4, -0.2) is 90.0 Å². The zero-order valence-electron chi connectivity index (χ0n) is 13.8. The van der Waals surface area contributed by atoms with Gasteiger partial charge in [0, 0.05) is 54.3 Å². The molecule has 120 valence electrons. The zero-order valence-corrected chi connectivity index (χ0v) is 15.4. The standard InChI is InChI=1S/C5H14N2.C3H9NO2S.C3H8OS/c1-5-7(4)6(2)3;1-4(2)7(5)6-3;1-5(2,3)4/h5H2,1-4H3;1-3H3;1H2,2-3H3. The van der Waals surface area contributed by atoms with Crippen molar-refractivity contribution in [1.82, 2.24) is 14.3 Å². The van der Waals surface area contributed by atoms with Gasteiger partial charge < -0.3 is 0 Å². The Morgan fingerprint density at radius 2 is 1.47 bits per heavy atom. The first-order chi connectivity index (χ1) is 8.36. The van der Waals surface area contributed by atoms with Crippen LogP contribution in [0.3, 0.4) is 0 Å². The number of hydrogen-bond donors (Lipinski definition) is 0. The van der Waals surface area contributed by atoms with E-state index >= 15 is 0 Å². The second kappa shape index (κ2) is 13.0. The van der Waals surface area contributed by atoms with Gasteiger partial charge in [0.1, 0.15) is 0 Å². The molecule has 0 bridgehead atoms. The van der Waals surface area contributed by atoms with Crippen molar-refractivity contribution < 1.29 is 12.6 Å². The predicted molar refractivity (Wildman–Crippen MR) is 87.9 cm³/mol. The molecule has 1 atom stereocenters. The monoisotopic (exact) mass is 317 g/mol. The second-order valence-electron chi connectivity index (χ2n) is 4.45. The fourth-order valence-electron chi connectivity index (χ4n) is 0.432. The molecule has 0 aliphatic rings. The van der Waals surface area contributed by atoms with Gasteiger partial charge in [0.15, 0.2) is 0 Å². The van der Waals surface area contributed by atoms with Crippen molar-refractivity contribution in [3.8, 4) is 0 Å². The molecule has 8 heteroatoms. The molecule has 0 aromatic carbocycles. The van der Waals surface area contributed by atoms with Crippen molar-refractivity contribution >= 4 is 26.7 Å². The van der Waals surface area contributed by atoms with E-state index < -0.39 is 20.8 Å². The molecule has 0 radical (unpaired) electrons. The third kappa shape index (κ3) is 32.0. The topological polar surface area (TPSA) is 53.1 Å². The highest BCUT2D eigenvalue weighted by atomic mass is 32.2. The average Bonchev–Trinajstić information content (AvgIpc) is 2.25. The molecule has 0 saturated carbocycles. The quantitative estimate of drug-likeness (QED) is 0.546. The first-order valence-corrected chi connectivity index (χ1v) is 9.23. The molecule has 1 unspecified atom stereocenters. The summed E-state index contributed by atoms with van der Waals surface area (Å²) in [7, 11) is 9.21. The van der Waals surface area contributed by atoms with Crippen LogP contribution < -0.4 is 0 Å². The van der Waals surface area contributed by atoms with Crippen LogP contribution in [0.5, 0.6) is 0 Å². The van der Waals surface area contributed by atoms with Crippen molar-refractivity contribution in [2.45, 2.75) is 6.92 Å². The van der Waals surface area contributed by atoms with Crippen LogP contribution in [0.4, 0.5) is 0 Å². The van der Waals surface area contributed by atoms with Gasteiger partial charge >= 0.3 is 0 Å². The molecular weight excluding hydrogens is 286 g/mol. The van der Waals surface area contributed by atoms with Crippen molar-refractivity contribution in [2.24, 2.45) is 0 Å². The molecule has 0 N–H and O–H groups in total. The van der Waals surface area contributed by atoms with Gasteiger partial charge in [-0.3, -0.25) is 8.39 Å². The Labute approximate surface area is 122 Å². The number of nitrogens with zero attached hydrogens (tertiary/aromatic N) is 3. The van der Waals surface area contributed by atoms with Crippen LogP contribution in [0.1, 0.15) is 6.92 Å². The molecular formula is C11H31N3O3S2. The van der Waals surface area contributed by atoms with Gasteiger partial charge in [0.25, 0.3) is 0 Å². The Hall–Kier alpha value is 0.01000. The highest BCUT2D eigenvalue weighted by molar-refractivity contribution is 7.98. The molecule has 0 saturated heterocycles. The third-order valence-corrected chi connectivity index (χ3v) is 2.46. The summed E-state index contributed by atoms with van der Waals surface area (Å²) in [6.45, 7) is 3.20. The Morgan fingerprint density at radius 1 is 1.16 bits per heavy atom. The molecule has 0 rings (SSSR count). The lowest BCUT2D eigenvalue weighted by molar-refractivity contribution is 0.0629. The lowest BCUT2D eigenvalue weighted by atomic mass is 10.7. The second-order valence-corrected chi connectivity index (χ2v) is 8.83. The Morgan fingerprint density at radius 3 is 1.47 bits per heavy atom. The fraction of sp³-hybridized carbons (Fsp3) is 0.909. The van der Waals surface area contributed by atoms with Gasteiger partial charge in [-0.25, -0.2) is 18.5 Å². The molecule has 0 aromatic heterocycles. The number of rotatable bonds is 4. The average molecular weight is 318 g/mol. The summed E-state index contributed by atoms with van der Waals surface area (Å²) in [5, 5.41) is 4.18. The molecule has 6 nitrogen and oxygen atoms in total. The summed E-state index contributed by atoms with van der Waals surface area (Å²) in [6, 6.07) is 0. The molecule has 0 fully saturated rings. The smallest absolute Gasteiger partial charge is 0.236 e. The summed E-state index contributed by atoms with van der Waals surface area (Å²) in [5.74, 6) is 3.30. The van der Waals surface area contributed by atoms with Gasteiger partial charge in [0.05, 0.1) is 7.11 Å². The number of hydrogen-bond acceptors (Lipinski definition) is 5. The van der Waals surface area contributed by atoms with Crippen molar-refractivity contribution in [2.75, 3.05) is 61.4 Å². The zero-order chi connectivity index (χ0) is 16.2. The summed E-state index contributed by atoms with van der Waals surface area (Å²) >= 11 is -1.25. The maximum absolute atomic E-state index is 10.3. The van der Waals surface area contributed by atoms with E-state index in [-0.39, 0.29) is 0 Å². The highest BCUT2D eigenvalue weighted by Gasteiger charge is 1.95. The fourth-order valence-corrected chi connectivity index (χ4v) is 0.730. The molecule has 19 heavy (non-hydrogen) atoms. The van der Waals surface area contributed by atoms with Crippen LogP contribution in [0.15, 0.2) is 0 Å². The van der Waals surface area contributed by atoms with E-state index in [0.717, 1.165) is 6.54 Å². The van der Waals surface area contributed by atoms with Crippen LogP contribution >= 0.6 is 0 Å². The SMILES string of the molecule is C=S(C)(C)=O.CCN(C)N(C)C.COS(=O)N(C)C. The van der Waals surface area contributed by atoms with E-state index in [2.05, 4.69) is 34.0 Å². The summed E-state index contributed by atoms with van der Waals surface area (Å²) in [4.78, 5) is 0.